The number of hydrogen-bond acceptors (Lipinski definition) is 4. The maximum absolute atomic E-state index is 4.74. The molecule has 0 bridgehead atoms. The maximum atomic E-state index is 4.74. The smallest absolute Gasteiger partial charge is 0.0894 e. The van der Waals surface area contributed by atoms with Crippen LogP contribution in [0, 0.1) is 0 Å². The number of fused-ring (bicyclic) bond motifs is 4. The molecule has 0 aliphatic carbocycles. The van der Waals surface area contributed by atoms with Crippen molar-refractivity contribution in [3.63, 3.8) is 0 Å². The second-order valence-corrected chi connectivity index (χ2v) is 6.51. The lowest BCUT2D eigenvalue weighted by atomic mass is 10.1. The molecule has 23 heavy (non-hydrogen) atoms. The topological polar surface area (TPSA) is 38.7 Å². The van der Waals surface area contributed by atoms with E-state index in [4.69, 9.17) is 4.98 Å². The molecule has 0 N–H and O–H groups in total. The molecule has 0 unspecified atom stereocenters. The highest BCUT2D eigenvalue weighted by molar-refractivity contribution is 7.25. The van der Waals surface area contributed by atoms with Gasteiger partial charge in [0.05, 0.1) is 21.6 Å². The van der Waals surface area contributed by atoms with Crippen LogP contribution in [0.1, 0.15) is 0 Å². The fourth-order valence-corrected chi connectivity index (χ4v) is 3.90. The number of rotatable bonds is 1. The van der Waals surface area contributed by atoms with Gasteiger partial charge < -0.3 is 0 Å². The fourth-order valence-electron chi connectivity index (χ4n) is 2.87. The third-order valence-electron chi connectivity index (χ3n) is 4.02. The van der Waals surface area contributed by atoms with Crippen LogP contribution in [-0.4, -0.2) is 15.0 Å². The molecule has 0 radical (unpaired) electrons. The number of thiophene rings is 1. The van der Waals surface area contributed by atoms with Gasteiger partial charge in [0.2, 0.25) is 0 Å². The van der Waals surface area contributed by atoms with Gasteiger partial charge in [0, 0.05) is 39.4 Å². The van der Waals surface area contributed by atoms with Crippen LogP contribution in [0.5, 0.6) is 0 Å². The Hall–Kier alpha value is -2.85. The highest BCUT2D eigenvalue weighted by atomic mass is 32.1. The molecule has 0 saturated carbocycles. The number of benzene rings is 1. The molecule has 0 fully saturated rings. The second kappa shape index (κ2) is 4.83. The van der Waals surface area contributed by atoms with Crippen LogP contribution in [0.3, 0.4) is 0 Å². The van der Waals surface area contributed by atoms with E-state index in [1.165, 1.54) is 20.2 Å². The number of hydrogen-bond donors (Lipinski definition) is 0. The molecular formula is C19H11N3S. The molecule has 3 nitrogen and oxygen atoms in total. The first-order valence-electron chi connectivity index (χ1n) is 7.37. The predicted molar refractivity (Wildman–Crippen MR) is 95.7 cm³/mol. The van der Waals surface area contributed by atoms with Gasteiger partial charge in [0.15, 0.2) is 0 Å². The molecule has 0 spiro atoms. The fraction of sp³-hybridized carbons (Fsp3) is 0. The quantitative estimate of drug-likeness (QED) is 0.434. The zero-order valence-electron chi connectivity index (χ0n) is 12.1. The van der Waals surface area contributed by atoms with Gasteiger partial charge in [-0.25, -0.2) is 4.98 Å². The zero-order valence-corrected chi connectivity index (χ0v) is 12.9. The number of para-hydroxylation sites is 1. The largest absolute Gasteiger partial charge is 0.264 e. The average Bonchev–Trinajstić information content (AvgIpc) is 2.99. The Bertz CT molecular complexity index is 1180. The Labute approximate surface area is 136 Å². The Kier molecular flexibility index (Phi) is 2.66. The second-order valence-electron chi connectivity index (χ2n) is 5.43. The summed E-state index contributed by atoms with van der Waals surface area (Å²) in [4.78, 5) is 13.6. The first-order chi connectivity index (χ1) is 11.4. The van der Waals surface area contributed by atoms with Crippen molar-refractivity contribution in [3.8, 4) is 11.4 Å². The summed E-state index contributed by atoms with van der Waals surface area (Å²) >= 11 is 1.75. The zero-order chi connectivity index (χ0) is 15.2. The van der Waals surface area contributed by atoms with E-state index in [1.54, 1.807) is 11.3 Å². The van der Waals surface area contributed by atoms with Crippen LogP contribution in [0.4, 0.5) is 0 Å². The van der Waals surface area contributed by atoms with Gasteiger partial charge in [-0.1, -0.05) is 24.3 Å². The van der Waals surface area contributed by atoms with Crippen molar-refractivity contribution in [2.75, 3.05) is 0 Å². The molecule has 1 aromatic carbocycles. The van der Waals surface area contributed by atoms with E-state index in [9.17, 15) is 0 Å². The highest BCUT2D eigenvalue weighted by Gasteiger charge is 2.09. The molecule has 0 aliphatic rings. The Balaban J connectivity index is 1.76. The summed E-state index contributed by atoms with van der Waals surface area (Å²) in [7, 11) is 0. The van der Waals surface area contributed by atoms with Crippen molar-refractivity contribution < 1.29 is 0 Å². The van der Waals surface area contributed by atoms with Gasteiger partial charge >= 0.3 is 0 Å². The standard InChI is InChI=1S/C19H11N3S/c1-2-4-15-12(3-1)5-6-16(22-15)17-9-13-14-10-20-8-7-18(14)23-19(13)11-21-17/h1-11H. The van der Waals surface area contributed by atoms with Gasteiger partial charge in [0.1, 0.15) is 0 Å². The van der Waals surface area contributed by atoms with Crippen LogP contribution >= 0.6 is 11.3 Å². The number of aromatic nitrogens is 3. The van der Waals surface area contributed by atoms with Crippen LogP contribution < -0.4 is 0 Å². The molecule has 0 atom stereocenters. The maximum Gasteiger partial charge on any atom is 0.0894 e. The van der Waals surface area contributed by atoms with E-state index in [0.29, 0.717) is 0 Å². The van der Waals surface area contributed by atoms with Crippen molar-refractivity contribution in [2.45, 2.75) is 0 Å². The molecule has 108 valence electrons. The number of pyridine rings is 3. The summed E-state index contributed by atoms with van der Waals surface area (Å²) in [5.74, 6) is 0. The first kappa shape index (κ1) is 12.7. The van der Waals surface area contributed by atoms with Crippen molar-refractivity contribution in [1.29, 1.82) is 0 Å². The van der Waals surface area contributed by atoms with E-state index in [1.807, 2.05) is 48.9 Å². The third-order valence-corrected chi connectivity index (χ3v) is 5.14. The predicted octanol–water partition coefficient (Wildman–Crippen LogP) is 5.06. The minimum absolute atomic E-state index is 0.895. The molecule has 4 heteroatoms. The summed E-state index contributed by atoms with van der Waals surface area (Å²) in [6.07, 6.45) is 5.69. The summed E-state index contributed by atoms with van der Waals surface area (Å²) < 4.78 is 2.41. The lowest BCUT2D eigenvalue weighted by Crippen LogP contribution is -1.88. The highest BCUT2D eigenvalue weighted by Crippen LogP contribution is 2.34. The molecule has 5 aromatic rings. The van der Waals surface area contributed by atoms with Gasteiger partial charge in [-0.15, -0.1) is 11.3 Å². The molecule has 0 amide bonds. The van der Waals surface area contributed by atoms with Crippen molar-refractivity contribution >= 4 is 42.4 Å². The molecule has 4 heterocycles. The third kappa shape index (κ3) is 1.99. The SMILES string of the molecule is c1ccc2nc(-c3cc4c(cn3)sc3ccncc34)ccc2c1. The molecular weight excluding hydrogens is 302 g/mol. The van der Waals surface area contributed by atoms with Crippen molar-refractivity contribution in [3.05, 3.63) is 67.1 Å². The van der Waals surface area contributed by atoms with Gasteiger partial charge in [-0.2, -0.15) is 0 Å². The summed E-state index contributed by atoms with van der Waals surface area (Å²) in [5.41, 5.74) is 2.78. The Morgan fingerprint density at radius 2 is 1.74 bits per heavy atom. The summed E-state index contributed by atoms with van der Waals surface area (Å²) in [6, 6.07) is 16.4. The average molecular weight is 313 g/mol. The lowest BCUT2D eigenvalue weighted by Gasteiger charge is -2.03. The molecule has 0 saturated heterocycles. The van der Waals surface area contributed by atoms with Crippen molar-refractivity contribution in [2.24, 2.45) is 0 Å². The Morgan fingerprint density at radius 3 is 2.74 bits per heavy atom. The number of nitrogens with zero attached hydrogens (tertiary/aromatic N) is 3. The molecule has 0 aliphatic heterocycles. The summed E-state index contributed by atoms with van der Waals surface area (Å²) in [6.45, 7) is 0. The van der Waals surface area contributed by atoms with E-state index in [-0.39, 0.29) is 0 Å². The molecule has 5 rings (SSSR count). The van der Waals surface area contributed by atoms with E-state index in [2.05, 4.69) is 28.2 Å². The Morgan fingerprint density at radius 1 is 0.783 bits per heavy atom. The van der Waals surface area contributed by atoms with Gasteiger partial charge in [0.25, 0.3) is 0 Å². The van der Waals surface area contributed by atoms with Crippen molar-refractivity contribution in [1.82, 2.24) is 15.0 Å². The van der Waals surface area contributed by atoms with E-state index < -0.39 is 0 Å². The minimum Gasteiger partial charge on any atom is -0.264 e. The van der Waals surface area contributed by atoms with Crippen LogP contribution in [0.2, 0.25) is 0 Å². The van der Waals surface area contributed by atoms with Gasteiger partial charge in [-0.05, 0) is 24.3 Å². The van der Waals surface area contributed by atoms with E-state index >= 15 is 0 Å². The van der Waals surface area contributed by atoms with Crippen LogP contribution in [0.15, 0.2) is 67.1 Å². The van der Waals surface area contributed by atoms with Crippen LogP contribution in [0.25, 0.3) is 42.5 Å². The first-order valence-corrected chi connectivity index (χ1v) is 8.18. The minimum atomic E-state index is 0.895. The normalized spacial score (nSPS) is 11.5. The van der Waals surface area contributed by atoms with Gasteiger partial charge in [-0.3, -0.25) is 9.97 Å². The van der Waals surface area contributed by atoms with Crippen LogP contribution in [-0.2, 0) is 0 Å². The monoisotopic (exact) mass is 313 g/mol. The lowest BCUT2D eigenvalue weighted by molar-refractivity contribution is 1.30. The molecule has 4 aromatic heterocycles. The summed E-state index contributed by atoms with van der Waals surface area (Å²) in [5, 5.41) is 3.51. The van der Waals surface area contributed by atoms with E-state index in [0.717, 1.165) is 22.3 Å².